The van der Waals surface area contributed by atoms with E-state index in [4.69, 9.17) is 0 Å². The van der Waals surface area contributed by atoms with Crippen molar-refractivity contribution in [3.05, 3.63) is 65.0 Å². The predicted molar refractivity (Wildman–Crippen MR) is 115 cm³/mol. The first kappa shape index (κ1) is 21.1. The van der Waals surface area contributed by atoms with Crippen LogP contribution in [0.1, 0.15) is 33.7 Å². The quantitative estimate of drug-likeness (QED) is 0.713. The number of carbonyl (C=O) groups excluding carboxylic acids is 1. The van der Waals surface area contributed by atoms with Gasteiger partial charge in [0.2, 0.25) is 0 Å². The third-order valence-electron chi connectivity index (χ3n) is 5.74. The molecule has 1 amide bonds. The van der Waals surface area contributed by atoms with E-state index < -0.39 is 11.6 Å². The highest BCUT2D eigenvalue weighted by atomic mass is 32.2. The molecule has 1 saturated heterocycles. The van der Waals surface area contributed by atoms with E-state index in [0.29, 0.717) is 24.2 Å². The van der Waals surface area contributed by atoms with Gasteiger partial charge in [0.05, 0.1) is 6.54 Å². The van der Waals surface area contributed by atoms with Gasteiger partial charge in [-0.1, -0.05) is 6.08 Å². The molecule has 160 valence electrons. The SMILES string of the molecule is C=CCn1nc(C(=O)N2CCSCC2)c2c1CC[C@@H](NCc1cc(F)ccc1F)C2. The molecular weight excluding hydrogens is 406 g/mol. The summed E-state index contributed by atoms with van der Waals surface area (Å²) in [6.45, 7) is 6.11. The Kier molecular flexibility index (Phi) is 6.53. The number of thioether (sulfide) groups is 1. The molecule has 1 aliphatic heterocycles. The second kappa shape index (κ2) is 9.31. The Morgan fingerprint density at radius 1 is 1.33 bits per heavy atom. The van der Waals surface area contributed by atoms with Crippen LogP contribution in [0.15, 0.2) is 30.9 Å². The summed E-state index contributed by atoms with van der Waals surface area (Å²) in [6, 6.07) is 3.57. The molecule has 30 heavy (non-hydrogen) atoms. The molecular formula is C22H26F2N4OS. The van der Waals surface area contributed by atoms with Crippen LogP contribution in [0.4, 0.5) is 8.78 Å². The number of carbonyl (C=O) groups is 1. The first-order chi connectivity index (χ1) is 14.6. The molecule has 8 heteroatoms. The topological polar surface area (TPSA) is 50.2 Å². The summed E-state index contributed by atoms with van der Waals surface area (Å²) in [4.78, 5) is 15.0. The largest absolute Gasteiger partial charge is 0.336 e. The zero-order valence-corrected chi connectivity index (χ0v) is 17.7. The number of rotatable bonds is 6. The maximum Gasteiger partial charge on any atom is 0.274 e. The Labute approximate surface area is 179 Å². The van der Waals surface area contributed by atoms with Crippen molar-refractivity contribution in [2.45, 2.75) is 38.4 Å². The average molecular weight is 433 g/mol. The van der Waals surface area contributed by atoms with E-state index in [0.717, 1.165) is 60.8 Å². The summed E-state index contributed by atoms with van der Waals surface area (Å²) in [6.07, 6.45) is 4.06. The number of nitrogens with zero attached hydrogens (tertiary/aromatic N) is 3. The van der Waals surface area contributed by atoms with Crippen LogP contribution in [0.3, 0.4) is 0 Å². The van der Waals surface area contributed by atoms with Crippen LogP contribution in [-0.4, -0.2) is 51.2 Å². The minimum atomic E-state index is -0.447. The lowest BCUT2D eigenvalue weighted by atomic mass is 9.90. The van der Waals surface area contributed by atoms with Crippen LogP contribution in [0, 0.1) is 11.6 Å². The fraction of sp³-hybridized carbons (Fsp3) is 0.455. The van der Waals surface area contributed by atoms with Crippen molar-refractivity contribution in [2.24, 2.45) is 0 Å². The fourth-order valence-electron chi connectivity index (χ4n) is 4.16. The molecule has 5 nitrogen and oxygen atoms in total. The van der Waals surface area contributed by atoms with Gasteiger partial charge in [-0.2, -0.15) is 16.9 Å². The number of fused-ring (bicyclic) bond motifs is 1. The van der Waals surface area contributed by atoms with Gasteiger partial charge in [-0.25, -0.2) is 8.78 Å². The number of halogens is 2. The lowest BCUT2D eigenvalue weighted by Gasteiger charge is -2.27. The first-order valence-corrected chi connectivity index (χ1v) is 11.5. The zero-order chi connectivity index (χ0) is 21.1. The Hall–Kier alpha value is -2.19. The smallest absolute Gasteiger partial charge is 0.274 e. The number of benzene rings is 1. The van der Waals surface area contributed by atoms with E-state index >= 15 is 0 Å². The van der Waals surface area contributed by atoms with Gasteiger partial charge in [0.25, 0.3) is 5.91 Å². The van der Waals surface area contributed by atoms with E-state index in [2.05, 4.69) is 17.0 Å². The Balaban J connectivity index is 1.52. The highest BCUT2D eigenvalue weighted by Gasteiger charge is 2.31. The van der Waals surface area contributed by atoms with Crippen molar-refractivity contribution < 1.29 is 13.6 Å². The minimum Gasteiger partial charge on any atom is -0.336 e. The van der Waals surface area contributed by atoms with Crippen molar-refractivity contribution in [3.8, 4) is 0 Å². The van der Waals surface area contributed by atoms with Gasteiger partial charge >= 0.3 is 0 Å². The summed E-state index contributed by atoms with van der Waals surface area (Å²) < 4.78 is 29.3. The number of hydrogen-bond donors (Lipinski definition) is 1. The lowest BCUT2D eigenvalue weighted by Crippen LogP contribution is -2.39. The third-order valence-corrected chi connectivity index (χ3v) is 6.68. The van der Waals surface area contributed by atoms with Crippen LogP contribution in [0.5, 0.6) is 0 Å². The maximum atomic E-state index is 13.9. The molecule has 1 atom stereocenters. The molecule has 0 saturated carbocycles. The first-order valence-electron chi connectivity index (χ1n) is 10.3. The van der Waals surface area contributed by atoms with Crippen molar-refractivity contribution >= 4 is 17.7 Å². The Morgan fingerprint density at radius 2 is 2.13 bits per heavy atom. The van der Waals surface area contributed by atoms with Crippen LogP contribution in [0.25, 0.3) is 0 Å². The van der Waals surface area contributed by atoms with E-state index in [1.807, 2.05) is 21.3 Å². The number of nitrogens with one attached hydrogen (secondary N) is 1. The molecule has 1 aromatic heterocycles. The normalized spacial score (nSPS) is 18.9. The van der Waals surface area contributed by atoms with Crippen LogP contribution in [0.2, 0.25) is 0 Å². The standard InChI is InChI=1S/C22H26F2N4OS/c1-2-7-28-20-6-4-17(25-14-15-12-16(23)3-5-19(15)24)13-18(20)21(26-28)22(29)27-8-10-30-11-9-27/h2-3,5,12,17,25H,1,4,6-11,13-14H2/t17-/m1/s1. The van der Waals surface area contributed by atoms with Gasteiger partial charge in [-0.15, -0.1) is 6.58 Å². The number of hydrogen-bond acceptors (Lipinski definition) is 4. The average Bonchev–Trinajstić information content (AvgIpc) is 3.12. The van der Waals surface area contributed by atoms with Crippen LogP contribution in [-0.2, 0) is 25.9 Å². The van der Waals surface area contributed by atoms with Crippen molar-refractivity contribution in [1.29, 1.82) is 0 Å². The Morgan fingerprint density at radius 3 is 2.90 bits per heavy atom. The molecule has 4 rings (SSSR count). The summed E-state index contributed by atoms with van der Waals surface area (Å²) in [7, 11) is 0. The molecule has 1 N–H and O–H groups in total. The molecule has 0 unspecified atom stereocenters. The van der Waals surface area contributed by atoms with Gasteiger partial charge < -0.3 is 10.2 Å². The third kappa shape index (κ3) is 4.44. The highest BCUT2D eigenvalue weighted by molar-refractivity contribution is 7.99. The summed E-state index contributed by atoms with van der Waals surface area (Å²) in [5.74, 6) is 1.02. The van der Waals surface area contributed by atoms with Crippen molar-refractivity contribution in [3.63, 3.8) is 0 Å². The fourth-order valence-corrected chi connectivity index (χ4v) is 5.06. The monoisotopic (exact) mass is 432 g/mol. The second-order valence-corrected chi connectivity index (χ2v) is 8.93. The van der Waals surface area contributed by atoms with Gasteiger partial charge in [-0.3, -0.25) is 9.48 Å². The van der Waals surface area contributed by atoms with Gasteiger partial charge in [0.15, 0.2) is 5.69 Å². The van der Waals surface area contributed by atoms with E-state index in [-0.39, 0.29) is 18.5 Å². The predicted octanol–water partition coefficient (Wildman–Crippen LogP) is 3.18. The summed E-state index contributed by atoms with van der Waals surface area (Å²) >= 11 is 1.86. The molecule has 0 bridgehead atoms. The lowest BCUT2D eigenvalue weighted by molar-refractivity contribution is 0.0764. The maximum absolute atomic E-state index is 13.9. The number of allylic oxidation sites excluding steroid dienone is 1. The van der Waals surface area contributed by atoms with Gasteiger partial charge in [-0.05, 0) is 37.5 Å². The molecule has 2 aromatic rings. The number of aromatic nitrogens is 2. The van der Waals surface area contributed by atoms with Crippen molar-refractivity contribution in [2.75, 3.05) is 24.6 Å². The summed E-state index contributed by atoms with van der Waals surface area (Å²) in [5.41, 5.74) is 2.90. The summed E-state index contributed by atoms with van der Waals surface area (Å²) in [5, 5.41) is 7.99. The van der Waals surface area contributed by atoms with E-state index in [9.17, 15) is 13.6 Å². The molecule has 1 aromatic carbocycles. The Bertz CT molecular complexity index is 939. The second-order valence-electron chi connectivity index (χ2n) is 7.71. The highest BCUT2D eigenvalue weighted by Crippen LogP contribution is 2.27. The number of amides is 1. The minimum absolute atomic E-state index is 0.00816. The van der Waals surface area contributed by atoms with Crippen molar-refractivity contribution in [1.82, 2.24) is 20.0 Å². The zero-order valence-electron chi connectivity index (χ0n) is 16.9. The molecule has 1 aliphatic carbocycles. The molecule has 0 spiro atoms. The van der Waals surface area contributed by atoms with E-state index in [1.165, 1.54) is 6.07 Å². The van der Waals surface area contributed by atoms with Crippen LogP contribution < -0.4 is 5.32 Å². The molecule has 2 aliphatic rings. The van der Waals surface area contributed by atoms with Gasteiger partial charge in [0, 0.05) is 54.0 Å². The molecule has 2 heterocycles. The van der Waals surface area contributed by atoms with Crippen LogP contribution >= 0.6 is 11.8 Å². The molecule has 1 fully saturated rings. The molecule has 0 radical (unpaired) electrons. The van der Waals surface area contributed by atoms with Gasteiger partial charge in [0.1, 0.15) is 11.6 Å². The van der Waals surface area contributed by atoms with E-state index in [1.54, 1.807) is 6.08 Å².